The van der Waals surface area contributed by atoms with Crippen molar-refractivity contribution in [2.75, 3.05) is 11.9 Å². The third-order valence-electron chi connectivity index (χ3n) is 2.39. The van der Waals surface area contributed by atoms with E-state index in [0.29, 0.717) is 5.69 Å². The van der Waals surface area contributed by atoms with Gasteiger partial charge < -0.3 is 10.1 Å². The molecule has 0 bridgehead atoms. The highest BCUT2D eigenvalue weighted by Gasteiger charge is 2.10. The number of hydrogen-bond acceptors (Lipinski definition) is 5. The number of tetrazole rings is 1. The van der Waals surface area contributed by atoms with Crippen LogP contribution in [0.4, 0.5) is 10.1 Å². The number of benzene rings is 1. The maximum atomic E-state index is 13.7. The molecule has 20 heavy (non-hydrogen) atoms. The summed E-state index contributed by atoms with van der Waals surface area (Å²) < 4.78 is 20.2. The lowest BCUT2D eigenvalue weighted by Crippen LogP contribution is -2.21. The van der Waals surface area contributed by atoms with Crippen molar-refractivity contribution >= 4 is 11.6 Å². The molecule has 0 aliphatic carbocycles. The van der Waals surface area contributed by atoms with Gasteiger partial charge in [-0.3, -0.25) is 4.79 Å². The highest BCUT2D eigenvalue weighted by Crippen LogP contribution is 2.18. The van der Waals surface area contributed by atoms with Crippen LogP contribution in [0.15, 0.2) is 24.5 Å². The van der Waals surface area contributed by atoms with Crippen molar-refractivity contribution in [1.29, 1.82) is 0 Å². The summed E-state index contributed by atoms with van der Waals surface area (Å²) in [5.74, 6) is -0.966. The van der Waals surface area contributed by atoms with E-state index in [9.17, 15) is 9.18 Å². The quantitative estimate of drug-likeness (QED) is 0.888. The molecule has 1 heterocycles. The van der Waals surface area contributed by atoms with Gasteiger partial charge in [0.2, 0.25) is 5.91 Å². The molecule has 8 heteroatoms. The van der Waals surface area contributed by atoms with Crippen molar-refractivity contribution in [1.82, 2.24) is 20.2 Å². The summed E-state index contributed by atoms with van der Waals surface area (Å²) in [4.78, 5) is 11.6. The number of anilines is 1. The van der Waals surface area contributed by atoms with Crippen LogP contribution in [0.25, 0.3) is 5.69 Å². The van der Waals surface area contributed by atoms with Crippen LogP contribution in [0.3, 0.4) is 0 Å². The predicted molar refractivity (Wildman–Crippen MR) is 68.8 cm³/mol. The van der Waals surface area contributed by atoms with E-state index in [4.69, 9.17) is 4.74 Å². The molecule has 2 aromatic rings. The summed E-state index contributed by atoms with van der Waals surface area (Å²) in [6, 6.07) is 4.18. The molecule has 106 valence electrons. The minimum absolute atomic E-state index is 0.0513. The fraction of sp³-hybridized carbons (Fsp3) is 0.333. The average molecular weight is 279 g/mol. The standard InChI is InChI=1S/C12H14FN5O2/c1-8(2)20-6-12(19)15-11-5-9(3-4-10(11)13)18-7-14-16-17-18/h3-5,7-8H,6H2,1-2H3,(H,15,19). The van der Waals surface area contributed by atoms with E-state index in [0.717, 1.165) is 0 Å². The van der Waals surface area contributed by atoms with Crippen molar-refractivity contribution < 1.29 is 13.9 Å². The van der Waals surface area contributed by atoms with E-state index in [1.807, 2.05) is 13.8 Å². The van der Waals surface area contributed by atoms with Crippen LogP contribution in [0, 0.1) is 5.82 Å². The second kappa shape index (κ2) is 6.20. The average Bonchev–Trinajstić information content (AvgIpc) is 2.93. The Morgan fingerprint density at radius 2 is 2.30 bits per heavy atom. The summed E-state index contributed by atoms with van der Waals surface area (Å²) in [5.41, 5.74) is 0.590. The molecule has 0 saturated carbocycles. The normalized spacial score (nSPS) is 10.8. The van der Waals surface area contributed by atoms with Crippen LogP contribution in [0.5, 0.6) is 0 Å². The minimum Gasteiger partial charge on any atom is -0.369 e. The number of aromatic nitrogens is 4. The Bertz CT molecular complexity index is 586. The van der Waals surface area contributed by atoms with Crippen LogP contribution in [0.2, 0.25) is 0 Å². The monoisotopic (exact) mass is 279 g/mol. The van der Waals surface area contributed by atoms with E-state index in [2.05, 4.69) is 20.8 Å². The van der Waals surface area contributed by atoms with Crippen molar-refractivity contribution in [2.24, 2.45) is 0 Å². The molecule has 2 rings (SSSR count). The lowest BCUT2D eigenvalue weighted by atomic mass is 10.2. The van der Waals surface area contributed by atoms with Gasteiger partial charge in [-0.1, -0.05) is 0 Å². The number of nitrogens with zero attached hydrogens (tertiary/aromatic N) is 4. The fourth-order valence-electron chi connectivity index (χ4n) is 1.46. The van der Waals surface area contributed by atoms with E-state index in [1.165, 1.54) is 29.2 Å². The first-order valence-electron chi connectivity index (χ1n) is 6.00. The highest BCUT2D eigenvalue weighted by molar-refractivity contribution is 5.92. The predicted octanol–water partition coefficient (Wildman–Crippen LogP) is 1.16. The molecule has 0 spiro atoms. The van der Waals surface area contributed by atoms with Crippen molar-refractivity contribution in [3.05, 3.63) is 30.3 Å². The number of ether oxygens (including phenoxy) is 1. The van der Waals surface area contributed by atoms with Crippen molar-refractivity contribution in [2.45, 2.75) is 20.0 Å². The summed E-state index contributed by atoms with van der Waals surface area (Å²) in [6.07, 6.45) is 1.30. The van der Waals surface area contributed by atoms with Gasteiger partial charge in [-0.05, 0) is 42.5 Å². The number of rotatable bonds is 5. The highest BCUT2D eigenvalue weighted by atomic mass is 19.1. The van der Waals surface area contributed by atoms with Crippen LogP contribution in [-0.4, -0.2) is 38.8 Å². The number of amides is 1. The van der Waals surface area contributed by atoms with Gasteiger partial charge in [0.1, 0.15) is 18.8 Å². The zero-order valence-corrected chi connectivity index (χ0v) is 11.1. The first-order valence-corrected chi connectivity index (χ1v) is 6.00. The number of nitrogens with one attached hydrogen (secondary N) is 1. The minimum atomic E-state index is -0.542. The topological polar surface area (TPSA) is 81.9 Å². The molecule has 0 radical (unpaired) electrons. The van der Waals surface area contributed by atoms with E-state index >= 15 is 0 Å². The number of carbonyl (C=O) groups is 1. The SMILES string of the molecule is CC(C)OCC(=O)Nc1cc(-n2cnnn2)ccc1F. The molecular weight excluding hydrogens is 265 g/mol. The maximum Gasteiger partial charge on any atom is 0.250 e. The first-order chi connectivity index (χ1) is 9.56. The summed E-state index contributed by atoms with van der Waals surface area (Å²) in [6.45, 7) is 3.49. The largest absolute Gasteiger partial charge is 0.369 e. The molecule has 0 aliphatic heterocycles. The molecule has 0 aliphatic rings. The van der Waals surface area contributed by atoms with Crippen LogP contribution in [-0.2, 0) is 9.53 Å². The maximum absolute atomic E-state index is 13.7. The third-order valence-corrected chi connectivity index (χ3v) is 2.39. The molecular formula is C12H14FN5O2. The van der Waals surface area contributed by atoms with Gasteiger partial charge in [-0.25, -0.2) is 9.07 Å². The molecule has 7 nitrogen and oxygen atoms in total. The first kappa shape index (κ1) is 14.1. The molecule has 1 amide bonds. The lowest BCUT2D eigenvalue weighted by Gasteiger charge is -2.10. The van der Waals surface area contributed by atoms with Gasteiger partial charge in [0, 0.05) is 0 Å². The Labute approximate surface area is 114 Å². The Balaban J connectivity index is 2.11. The molecule has 0 saturated heterocycles. The van der Waals surface area contributed by atoms with Gasteiger partial charge in [0.05, 0.1) is 17.5 Å². The summed E-state index contributed by atoms with van der Waals surface area (Å²) in [7, 11) is 0. The summed E-state index contributed by atoms with van der Waals surface area (Å²) >= 11 is 0. The Kier molecular flexibility index (Phi) is 4.36. The van der Waals surface area contributed by atoms with Crippen LogP contribution < -0.4 is 5.32 Å². The van der Waals surface area contributed by atoms with Crippen LogP contribution in [0.1, 0.15) is 13.8 Å². The zero-order chi connectivity index (χ0) is 14.5. The fourth-order valence-corrected chi connectivity index (χ4v) is 1.46. The molecule has 1 aromatic carbocycles. The van der Waals surface area contributed by atoms with Gasteiger partial charge >= 0.3 is 0 Å². The van der Waals surface area contributed by atoms with Gasteiger partial charge in [-0.15, -0.1) is 5.10 Å². The number of carbonyl (C=O) groups excluding carboxylic acids is 1. The van der Waals surface area contributed by atoms with Crippen LogP contribution >= 0.6 is 0 Å². The lowest BCUT2D eigenvalue weighted by molar-refractivity contribution is -0.121. The van der Waals surface area contributed by atoms with E-state index < -0.39 is 11.7 Å². The number of halogens is 1. The molecule has 0 fully saturated rings. The van der Waals surface area contributed by atoms with Crippen molar-refractivity contribution in [3.63, 3.8) is 0 Å². The van der Waals surface area contributed by atoms with Crippen molar-refractivity contribution in [3.8, 4) is 5.69 Å². The Hall–Kier alpha value is -2.35. The third kappa shape index (κ3) is 3.58. The van der Waals surface area contributed by atoms with Gasteiger partial charge in [-0.2, -0.15) is 0 Å². The summed E-state index contributed by atoms with van der Waals surface area (Å²) in [5, 5.41) is 13.1. The Morgan fingerprint density at radius 3 is 2.95 bits per heavy atom. The second-order valence-electron chi connectivity index (χ2n) is 4.33. The molecule has 0 unspecified atom stereocenters. The number of hydrogen-bond donors (Lipinski definition) is 1. The second-order valence-corrected chi connectivity index (χ2v) is 4.33. The van der Waals surface area contributed by atoms with E-state index in [-0.39, 0.29) is 18.4 Å². The Morgan fingerprint density at radius 1 is 1.50 bits per heavy atom. The molecule has 1 aromatic heterocycles. The smallest absolute Gasteiger partial charge is 0.250 e. The van der Waals surface area contributed by atoms with Gasteiger partial charge in [0.15, 0.2) is 0 Å². The molecule has 0 atom stereocenters. The molecule has 1 N–H and O–H groups in total. The van der Waals surface area contributed by atoms with Gasteiger partial charge in [0.25, 0.3) is 0 Å². The van der Waals surface area contributed by atoms with E-state index in [1.54, 1.807) is 0 Å². The zero-order valence-electron chi connectivity index (χ0n) is 11.1.